The number of benzene rings is 2. The summed E-state index contributed by atoms with van der Waals surface area (Å²) in [5.41, 5.74) is 2.50. The lowest BCUT2D eigenvalue weighted by atomic mass is 9.91. The molecule has 3 saturated heterocycles. The molecule has 1 saturated carbocycles. The van der Waals surface area contributed by atoms with Gasteiger partial charge in [0.2, 0.25) is 11.8 Å². The van der Waals surface area contributed by atoms with Gasteiger partial charge in [-0.25, -0.2) is 4.79 Å². The molecule has 19 heteroatoms. The number of aldehydes is 2. The van der Waals surface area contributed by atoms with Gasteiger partial charge >= 0.3 is 11.9 Å². The second-order valence-corrected chi connectivity index (χ2v) is 20.8. The van der Waals surface area contributed by atoms with E-state index in [0.29, 0.717) is 67.5 Å². The number of likely N-dealkylation sites (tertiary alicyclic amines) is 2. The number of likely N-dealkylation sites (N-methyl/N-ethyl adjacent to an activating group) is 1. The number of carbonyl (C=O) groups is 4. The molecular formula is C55H72F3N11O5. The highest BCUT2D eigenvalue weighted by molar-refractivity contribution is 5.79. The minimum absolute atomic E-state index is 0.121. The number of piperidine rings is 2. The number of pyridine rings is 1. The van der Waals surface area contributed by atoms with Gasteiger partial charge in [-0.1, -0.05) is 37.8 Å². The molecule has 3 aliphatic heterocycles. The van der Waals surface area contributed by atoms with E-state index in [0.717, 1.165) is 111 Å². The fourth-order valence-corrected chi connectivity index (χ4v) is 10.6. The highest BCUT2D eigenvalue weighted by Crippen LogP contribution is 2.34. The Bertz CT molecular complexity index is 2760. The van der Waals surface area contributed by atoms with E-state index in [1.54, 1.807) is 36.1 Å². The Kier molecular flexibility index (Phi) is 18.2. The van der Waals surface area contributed by atoms with Crippen LogP contribution in [0.5, 0.6) is 0 Å². The average molecular weight is 1020 g/mol. The molecule has 1 atom stereocenters. The van der Waals surface area contributed by atoms with Crippen LogP contribution in [0.25, 0.3) is 11.2 Å². The van der Waals surface area contributed by atoms with Gasteiger partial charge in [0.1, 0.15) is 24.7 Å². The quantitative estimate of drug-likeness (QED) is 0.0973. The Morgan fingerprint density at radius 2 is 1.57 bits per heavy atom. The number of aromatic nitrogens is 5. The third-order valence-electron chi connectivity index (χ3n) is 15.6. The van der Waals surface area contributed by atoms with E-state index in [2.05, 4.69) is 30.2 Å². The van der Waals surface area contributed by atoms with E-state index in [-0.39, 0.29) is 36.2 Å². The maximum absolute atomic E-state index is 14.6. The lowest BCUT2D eigenvalue weighted by Gasteiger charge is -2.40. The van der Waals surface area contributed by atoms with Crippen LogP contribution in [-0.2, 0) is 47.1 Å². The number of amides is 2. The number of nitrogens with zero attached hydrogens (tertiary/aromatic N) is 10. The van der Waals surface area contributed by atoms with Gasteiger partial charge in [0.25, 0.3) is 0 Å². The van der Waals surface area contributed by atoms with Crippen molar-refractivity contribution in [1.29, 1.82) is 0 Å². The summed E-state index contributed by atoms with van der Waals surface area (Å²) in [6.07, 6.45) is 12.4. The number of anilines is 1. The number of alkyl halides is 3. The van der Waals surface area contributed by atoms with Crippen LogP contribution in [0, 0.1) is 11.8 Å². The van der Waals surface area contributed by atoms with Crippen molar-refractivity contribution in [3.8, 4) is 5.69 Å². The molecule has 5 aromatic rings. The molecule has 398 valence electrons. The van der Waals surface area contributed by atoms with E-state index in [1.807, 2.05) is 48.2 Å². The summed E-state index contributed by atoms with van der Waals surface area (Å²) in [4.78, 5) is 73.7. The van der Waals surface area contributed by atoms with E-state index in [4.69, 9.17) is 0 Å². The fraction of sp³-hybridized carbons (Fsp3) is 0.545. The number of fused-ring (bicyclic) bond motifs is 1. The van der Waals surface area contributed by atoms with Gasteiger partial charge in [-0.05, 0) is 117 Å². The first-order valence-electron chi connectivity index (χ1n) is 26.4. The molecule has 0 bridgehead atoms. The van der Waals surface area contributed by atoms with Gasteiger partial charge < -0.3 is 24.5 Å². The molecule has 74 heavy (non-hydrogen) atoms. The summed E-state index contributed by atoms with van der Waals surface area (Å²) in [7, 11) is 5.23. The Morgan fingerprint density at radius 3 is 2.20 bits per heavy atom. The van der Waals surface area contributed by atoms with E-state index in [1.165, 1.54) is 42.6 Å². The lowest BCUT2D eigenvalue weighted by molar-refractivity contribution is -0.136. The Morgan fingerprint density at radius 1 is 0.851 bits per heavy atom. The molecule has 2 aromatic carbocycles. The molecular weight excluding hydrogens is 952 g/mol. The third-order valence-corrected chi connectivity index (χ3v) is 15.6. The van der Waals surface area contributed by atoms with Gasteiger partial charge in [0.05, 0.1) is 22.8 Å². The van der Waals surface area contributed by atoms with Crippen LogP contribution in [0.15, 0.2) is 72.0 Å². The number of nitrogens with one attached hydrogen (secondary N) is 1. The van der Waals surface area contributed by atoms with Crippen molar-refractivity contribution in [1.82, 2.24) is 48.6 Å². The predicted octanol–water partition coefficient (Wildman–Crippen LogP) is 6.39. The van der Waals surface area contributed by atoms with Gasteiger partial charge in [-0.3, -0.25) is 38.1 Å². The van der Waals surface area contributed by atoms with Crippen molar-refractivity contribution in [3.05, 3.63) is 111 Å². The van der Waals surface area contributed by atoms with Crippen molar-refractivity contribution in [2.24, 2.45) is 18.9 Å². The number of hydrogen-bond acceptors (Lipinski definition) is 11. The maximum atomic E-state index is 14.6. The Labute approximate surface area is 431 Å². The van der Waals surface area contributed by atoms with Crippen molar-refractivity contribution in [3.63, 3.8) is 0 Å². The summed E-state index contributed by atoms with van der Waals surface area (Å²) >= 11 is 0. The molecule has 6 heterocycles. The van der Waals surface area contributed by atoms with Crippen LogP contribution in [0.4, 0.5) is 18.9 Å². The largest absolute Gasteiger partial charge is 0.418 e. The minimum atomic E-state index is -4.68. The average Bonchev–Trinajstić information content (AvgIpc) is 3.94. The monoisotopic (exact) mass is 1020 g/mol. The number of carbonyl (C=O) groups excluding carboxylic acids is 4. The van der Waals surface area contributed by atoms with Gasteiger partial charge in [-0.2, -0.15) is 13.2 Å². The van der Waals surface area contributed by atoms with Crippen LogP contribution in [0.3, 0.4) is 0 Å². The van der Waals surface area contributed by atoms with Crippen molar-refractivity contribution < 1.29 is 32.3 Å². The zero-order valence-electron chi connectivity index (χ0n) is 43.1. The molecule has 16 nitrogen and oxygen atoms in total. The van der Waals surface area contributed by atoms with Crippen LogP contribution in [-0.4, -0.2) is 147 Å². The fourth-order valence-electron chi connectivity index (χ4n) is 10.6. The molecule has 4 aliphatic rings. The third kappa shape index (κ3) is 13.7. The maximum Gasteiger partial charge on any atom is 0.418 e. The number of rotatable bonds is 18. The highest BCUT2D eigenvalue weighted by Gasteiger charge is 2.35. The van der Waals surface area contributed by atoms with Crippen LogP contribution in [0.2, 0.25) is 0 Å². The summed E-state index contributed by atoms with van der Waals surface area (Å²) in [5, 5.41) is 10.6. The number of hydrogen-bond donors (Lipinski definition) is 1. The lowest BCUT2D eigenvalue weighted by Crippen LogP contribution is -2.49. The summed E-state index contributed by atoms with van der Waals surface area (Å²) in [6, 6.07) is 13.7. The first-order valence-corrected chi connectivity index (χ1v) is 26.4. The number of imidazole rings is 1. The zero-order chi connectivity index (χ0) is 52.4. The molecule has 2 amide bonds. The Hall–Kier alpha value is -6.18. The normalized spacial score (nSPS) is 17.7. The van der Waals surface area contributed by atoms with Crippen LogP contribution >= 0.6 is 0 Å². The summed E-state index contributed by atoms with van der Waals surface area (Å²) in [6.45, 7) is 7.90. The van der Waals surface area contributed by atoms with Gasteiger partial charge in [0.15, 0.2) is 0 Å². The topological polar surface area (TPSA) is 154 Å². The molecule has 0 spiro atoms. The molecule has 1 N–H and O–H groups in total. The molecule has 1 aliphatic carbocycles. The Balaban J connectivity index is 0.00000174. The van der Waals surface area contributed by atoms with Crippen molar-refractivity contribution in [2.75, 3.05) is 77.9 Å². The van der Waals surface area contributed by atoms with Crippen LogP contribution < -0.4 is 15.9 Å². The first-order chi connectivity index (χ1) is 35.7. The zero-order valence-corrected chi connectivity index (χ0v) is 43.1. The second kappa shape index (κ2) is 24.9. The predicted molar refractivity (Wildman–Crippen MR) is 277 cm³/mol. The molecule has 4 fully saturated rings. The standard InChI is InChI=1S/C51H64F3N11O5.C4H8/c1-55-48(68)10-9-44(34-67)58(2)31-41-27-42(8-7-40(41)33-66)62-21-19-61(20-22-62)28-37-13-17-63(18-14-37)49(69)26-36-11-15-60(16-12-36)29-39-24-45(51(52,53)54)46-32-64(50(70)65(46)30-39)43-6-4-5-38(23-43)25-47-57-56-35-59(47)3;1-2-4-3-1/h4-8,23-24,27,30,32-37,44H,9-22,25-26,28-29,31H2,1-3H3,(H,55,68);1-4H2. The molecule has 3 aromatic heterocycles. The second-order valence-electron chi connectivity index (χ2n) is 20.8. The summed E-state index contributed by atoms with van der Waals surface area (Å²) < 4.78 is 47.8. The van der Waals surface area contributed by atoms with Crippen molar-refractivity contribution >= 4 is 35.6 Å². The van der Waals surface area contributed by atoms with Gasteiger partial charge in [0, 0.05) is 116 Å². The smallest absolute Gasteiger partial charge is 0.369 e. The van der Waals surface area contributed by atoms with Crippen molar-refractivity contribution in [2.45, 2.75) is 102 Å². The number of halogens is 3. The minimum Gasteiger partial charge on any atom is -0.369 e. The van der Waals surface area contributed by atoms with E-state index < -0.39 is 23.5 Å². The molecule has 9 rings (SSSR count). The molecule has 0 radical (unpaired) electrons. The number of piperazine rings is 1. The van der Waals surface area contributed by atoms with E-state index >= 15 is 0 Å². The SMILES string of the molecule is C1CCC1.CNC(=O)CCC(C=O)N(C)Cc1cc(N2CCN(CC3CCN(C(=O)CC4CCN(Cc5cc(C(F)(F)F)c6cn(-c7cccc(Cc8nncn8C)c7)c(=O)n6c5)CC4)CC3)CC2)ccc1C=O. The highest BCUT2D eigenvalue weighted by atomic mass is 19.4. The van der Waals surface area contributed by atoms with E-state index in [9.17, 15) is 37.1 Å². The number of aryl methyl sites for hydroxylation is 1. The first kappa shape index (κ1) is 54.1. The molecule has 1 unspecified atom stereocenters. The summed E-state index contributed by atoms with van der Waals surface area (Å²) in [5.74, 6) is 1.47. The van der Waals surface area contributed by atoms with Gasteiger partial charge in [-0.15, -0.1) is 10.2 Å². The van der Waals surface area contributed by atoms with Crippen LogP contribution in [0.1, 0.15) is 109 Å².